The fraction of sp³-hybridized carbons (Fsp3) is 0.824. The lowest BCUT2D eigenvalue weighted by Gasteiger charge is -2.54. The fourth-order valence-electron chi connectivity index (χ4n) is 5.16. The molecule has 4 aliphatic rings. The number of hydrogen-bond donors (Lipinski definition) is 1. The number of aliphatic hydroxyl groups excluding tert-OH is 1. The quantitative estimate of drug-likeness (QED) is 0.696. The van der Waals surface area contributed by atoms with Crippen molar-refractivity contribution in [2.75, 3.05) is 13.2 Å². The molecule has 2 saturated carbocycles. The Kier molecular flexibility index (Phi) is 3.08. The monoisotopic (exact) mass is 292 g/mol. The number of carbonyl (C=O) groups excluding carboxylic acids is 1. The Morgan fingerprint density at radius 2 is 2.05 bits per heavy atom. The van der Waals surface area contributed by atoms with Gasteiger partial charge in [-0.05, 0) is 24.7 Å². The van der Waals surface area contributed by atoms with E-state index in [1.165, 1.54) is 5.57 Å². The van der Waals surface area contributed by atoms with Crippen LogP contribution in [0.2, 0.25) is 0 Å². The maximum atomic E-state index is 12.3. The van der Waals surface area contributed by atoms with E-state index in [9.17, 15) is 9.90 Å². The molecule has 1 aliphatic heterocycles. The molecule has 4 rings (SSSR count). The smallest absolute Gasteiger partial charge is 0.172 e. The number of Topliss-reactive ketones (excluding diaryl/α,β-unsaturated/α-hetero) is 1. The van der Waals surface area contributed by atoms with E-state index in [2.05, 4.69) is 13.0 Å². The summed E-state index contributed by atoms with van der Waals surface area (Å²) in [7, 11) is 0. The Balaban J connectivity index is 1.68. The van der Waals surface area contributed by atoms with Crippen LogP contribution in [0.15, 0.2) is 11.6 Å². The minimum absolute atomic E-state index is 0.0157. The van der Waals surface area contributed by atoms with E-state index >= 15 is 0 Å². The summed E-state index contributed by atoms with van der Waals surface area (Å²) in [5.41, 5.74) is 1.27. The molecule has 0 radical (unpaired) electrons. The summed E-state index contributed by atoms with van der Waals surface area (Å²) in [6.45, 7) is 3.59. The molecule has 4 atom stereocenters. The molecule has 0 aromatic carbocycles. The van der Waals surface area contributed by atoms with Gasteiger partial charge in [0.15, 0.2) is 5.79 Å². The molecular weight excluding hydrogens is 268 g/mol. The molecule has 3 aliphatic carbocycles. The second-order valence-corrected chi connectivity index (χ2v) is 7.37. The molecule has 21 heavy (non-hydrogen) atoms. The van der Waals surface area contributed by atoms with E-state index in [1.807, 2.05) is 0 Å². The molecular formula is C17H24O4. The summed E-state index contributed by atoms with van der Waals surface area (Å²) in [5.74, 6) is 0.0110. The molecule has 3 fully saturated rings. The summed E-state index contributed by atoms with van der Waals surface area (Å²) < 4.78 is 11.7. The van der Waals surface area contributed by atoms with Crippen LogP contribution in [0.3, 0.4) is 0 Å². The highest BCUT2D eigenvalue weighted by atomic mass is 16.7. The SMILES string of the molecule is CC12CCC3(CC1=CCC1C(=O)CCC(O)C12)OCCO3. The first-order valence-electron chi connectivity index (χ1n) is 8.22. The molecule has 4 unspecified atom stereocenters. The minimum Gasteiger partial charge on any atom is -0.393 e. The Morgan fingerprint density at radius 1 is 1.29 bits per heavy atom. The number of ether oxygens (including phenoxy) is 2. The molecule has 0 aromatic rings. The fourth-order valence-corrected chi connectivity index (χ4v) is 5.16. The lowest BCUT2D eigenvalue weighted by Crippen LogP contribution is -2.53. The summed E-state index contributed by atoms with van der Waals surface area (Å²) in [6.07, 6.45) is 6.44. The van der Waals surface area contributed by atoms with Gasteiger partial charge in [0.2, 0.25) is 0 Å². The number of carbonyl (C=O) groups is 1. The van der Waals surface area contributed by atoms with Crippen LogP contribution in [0.5, 0.6) is 0 Å². The summed E-state index contributed by atoms with van der Waals surface area (Å²) >= 11 is 0. The van der Waals surface area contributed by atoms with Crippen molar-refractivity contribution >= 4 is 5.78 Å². The predicted molar refractivity (Wildman–Crippen MR) is 76.5 cm³/mol. The van der Waals surface area contributed by atoms with Gasteiger partial charge in [0.25, 0.3) is 0 Å². The highest BCUT2D eigenvalue weighted by Crippen LogP contribution is 2.58. The van der Waals surface area contributed by atoms with Gasteiger partial charge in [-0.1, -0.05) is 18.6 Å². The molecule has 1 saturated heterocycles. The first-order valence-corrected chi connectivity index (χ1v) is 8.22. The van der Waals surface area contributed by atoms with Crippen LogP contribution < -0.4 is 0 Å². The first kappa shape index (κ1) is 13.9. The van der Waals surface area contributed by atoms with Gasteiger partial charge < -0.3 is 14.6 Å². The van der Waals surface area contributed by atoms with Crippen LogP contribution in [0, 0.1) is 17.3 Å². The van der Waals surface area contributed by atoms with E-state index in [1.54, 1.807) is 0 Å². The van der Waals surface area contributed by atoms with Gasteiger partial charge in [-0.3, -0.25) is 4.79 Å². The Labute approximate surface area is 125 Å². The summed E-state index contributed by atoms with van der Waals surface area (Å²) in [6, 6.07) is 0. The highest BCUT2D eigenvalue weighted by molar-refractivity contribution is 5.83. The third-order valence-electron chi connectivity index (χ3n) is 6.33. The van der Waals surface area contributed by atoms with E-state index in [0.29, 0.717) is 31.8 Å². The Bertz CT molecular complexity index is 491. The number of hydrogen-bond acceptors (Lipinski definition) is 4. The van der Waals surface area contributed by atoms with Crippen molar-refractivity contribution in [1.82, 2.24) is 0 Å². The topological polar surface area (TPSA) is 55.8 Å². The molecule has 4 heteroatoms. The zero-order valence-electron chi connectivity index (χ0n) is 12.6. The number of aliphatic hydroxyl groups is 1. The minimum atomic E-state index is -0.429. The molecule has 116 valence electrons. The van der Waals surface area contributed by atoms with Crippen molar-refractivity contribution in [1.29, 1.82) is 0 Å². The zero-order valence-corrected chi connectivity index (χ0v) is 12.6. The standard InChI is InChI=1S/C17H24O4/c1-16-6-7-17(20-8-9-21-17)10-11(16)2-3-12-13(18)4-5-14(19)15(12)16/h2,12,14-15,19H,3-10H2,1H3. The van der Waals surface area contributed by atoms with Crippen molar-refractivity contribution < 1.29 is 19.4 Å². The second kappa shape index (κ2) is 4.64. The van der Waals surface area contributed by atoms with Crippen molar-refractivity contribution in [3.63, 3.8) is 0 Å². The largest absolute Gasteiger partial charge is 0.393 e. The number of allylic oxidation sites excluding steroid dienone is 1. The van der Waals surface area contributed by atoms with Gasteiger partial charge in [0.1, 0.15) is 5.78 Å². The van der Waals surface area contributed by atoms with Gasteiger partial charge in [-0.2, -0.15) is 0 Å². The summed E-state index contributed by atoms with van der Waals surface area (Å²) in [5, 5.41) is 10.5. The van der Waals surface area contributed by atoms with Gasteiger partial charge in [-0.15, -0.1) is 0 Å². The van der Waals surface area contributed by atoms with E-state index in [4.69, 9.17) is 9.47 Å². The maximum absolute atomic E-state index is 12.3. The molecule has 1 spiro atoms. The number of ketones is 1. The van der Waals surface area contributed by atoms with Crippen molar-refractivity contribution in [2.24, 2.45) is 17.3 Å². The van der Waals surface area contributed by atoms with Crippen LogP contribution in [-0.4, -0.2) is 36.0 Å². The van der Waals surface area contributed by atoms with Gasteiger partial charge >= 0.3 is 0 Å². The van der Waals surface area contributed by atoms with Crippen molar-refractivity contribution in [3.05, 3.63) is 11.6 Å². The van der Waals surface area contributed by atoms with Crippen LogP contribution in [0.25, 0.3) is 0 Å². The maximum Gasteiger partial charge on any atom is 0.172 e. The third kappa shape index (κ3) is 1.96. The van der Waals surface area contributed by atoms with Gasteiger partial charge in [-0.25, -0.2) is 0 Å². The Hall–Kier alpha value is -0.710. The molecule has 0 aromatic heterocycles. The molecule has 1 N–H and O–H groups in total. The van der Waals surface area contributed by atoms with E-state index < -0.39 is 5.79 Å². The molecule has 0 amide bonds. The molecule has 0 bridgehead atoms. The first-order chi connectivity index (χ1) is 10.0. The normalized spacial score (nSPS) is 45.1. The highest BCUT2D eigenvalue weighted by Gasteiger charge is 2.56. The van der Waals surface area contributed by atoms with E-state index in [-0.39, 0.29) is 23.4 Å². The predicted octanol–water partition coefficient (Wildman–Crippen LogP) is 2.21. The van der Waals surface area contributed by atoms with Gasteiger partial charge in [0.05, 0.1) is 19.3 Å². The van der Waals surface area contributed by atoms with Crippen LogP contribution in [-0.2, 0) is 14.3 Å². The van der Waals surface area contributed by atoms with Crippen LogP contribution in [0.4, 0.5) is 0 Å². The van der Waals surface area contributed by atoms with Crippen molar-refractivity contribution in [3.8, 4) is 0 Å². The van der Waals surface area contributed by atoms with E-state index in [0.717, 1.165) is 25.7 Å². The number of fused-ring (bicyclic) bond motifs is 3. The number of rotatable bonds is 0. The Morgan fingerprint density at radius 3 is 2.81 bits per heavy atom. The van der Waals surface area contributed by atoms with Crippen LogP contribution in [0.1, 0.15) is 45.4 Å². The van der Waals surface area contributed by atoms with Crippen molar-refractivity contribution in [2.45, 2.75) is 57.3 Å². The van der Waals surface area contributed by atoms with Crippen LogP contribution >= 0.6 is 0 Å². The summed E-state index contributed by atoms with van der Waals surface area (Å²) in [4.78, 5) is 12.3. The average molecular weight is 292 g/mol. The average Bonchev–Trinajstić information content (AvgIpc) is 2.92. The van der Waals surface area contributed by atoms with Gasteiger partial charge in [0, 0.05) is 31.1 Å². The second-order valence-electron chi connectivity index (χ2n) is 7.37. The third-order valence-corrected chi connectivity index (χ3v) is 6.33. The molecule has 4 nitrogen and oxygen atoms in total. The zero-order chi connectivity index (χ0) is 14.7. The molecule has 1 heterocycles. The lowest BCUT2D eigenvalue weighted by molar-refractivity contribution is -0.187. The lowest BCUT2D eigenvalue weighted by atomic mass is 9.52.